The van der Waals surface area contributed by atoms with Gasteiger partial charge < -0.3 is 10.2 Å². The lowest BCUT2D eigenvalue weighted by Gasteiger charge is -2.48. The summed E-state index contributed by atoms with van der Waals surface area (Å²) in [6.07, 6.45) is 4.95. The van der Waals surface area contributed by atoms with E-state index >= 15 is 0 Å². The first-order chi connectivity index (χ1) is 9.62. The molecule has 0 spiro atoms. The van der Waals surface area contributed by atoms with Gasteiger partial charge in [0.25, 0.3) is 0 Å². The van der Waals surface area contributed by atoms with Gasteiger partial charge in [0.1, 0.15) is 5.82 Å². The number of hydrogen-bond acceptors (Lipinski definition) is 3. The number of hydrogen-bond donors (Lipinski definition) is 1. The van der Waals surface area contributed by atoms with Crippen LogP contribution in [0.2, 0.25) is 0 Å². The van der Waals surface area contributed by atoms with Crippen molar-refractivity contribution in [3.05, 3.63) is 29.6 Å². The molecule has 0 radical (unpaired) electrons. The van der Waals surface area contributed by atoms with Gasteiger partial charge >= 0.3 is 0 Å². The van der Waals surface area contributed by atoms with Crippen LogP contribution in [-0.4, -0.2) is 36.8 Å². The lowest BCUT2D eigenvalue weighted by molar-refractivity contribution is 0.0567. The summed E-state index contributed by atoms with van der Waals surface area (Å²) in [6.45, 7) is 1.01. The van der Waals surface area contributed by atoms with Crippen LogP contribution in [0.5, 0.6) is 0 Å². The van der Waals surface area contributed by atoms with Crippen LogP contribution in [-0.2, 0) is 0 Å². The minimum atomic E-state index is -0.0648. The van der Waals surface area contributed by atoms with Crippen LogP contribution in [0.4, 0.5) is 4.39 Å². The number of nitrogens with zero attached hydrogens (tertiary/aromatic N) is 1. The van der Waals surface area contributed by atoms with E-state index in [1.807, 2.05) is 6.07 Å². The van der Waals surface area contributed by atoms with Crippen molar-refractivity contribution in [1.82, 2.24) is 10.2 Å². The molecule has 1 unspecified atom stereocenters. The Morgan fingerprint density at radius 3 is 2.85 bits per heavy atom. The first-order valence-electron chi connectivity index (χ1n) is 7.44. The number of fused-ring (bicyclic) bond motifs is 1. The van der Waals surface area contributed by atoms with Crippen LogP contribution in [0.3, 0.4) is 0 Å². The number of thioether (sulfide) groups is 1. The summed E-state index contributed by atoms with van der Waals surface area (Å²) in [5.41, 5.74) is 1.47. The van der Waals surface area contributed by atoms with Crippen LogP contribution in [0.1, 0.15) is 37.3 Å². The molecule has 1 heterocycles. The Kier molecular flexibility index (Phi) is 4.07. The lowest BCUT2D eigenvalue weighted by atomic mass is 9.75. The fourth-order valence-electron chi connectivity index (χ4n) is 3.28. The molecule has 110 valence electrons. The zero-order valence-corrected chi connectivity index (χ0v) is 13.1. The second kappa shape index (κ2) is 5.66. The highest BCUT2D eigenvalue weighted by Crippen LogP contribution is 2.40. The van der Waals surface area contributed by atoms with E-state index in [9.17, 15) is 4.39 Å². The van der Waals surface area contributed by atoms with Gasteiger partial charge in [0, 0.05) is 23.0 Å². The first kappa shape index (κ1) is 14.4. The Labute approximate surface area is 125 Å². The van der Waals surface area contributed by atoms with E-state index in [0.717, 1.165) is 29.2 Å². The summed E-state index contributed by atoms with van der Waals surface area (Å²) in [5, 5.41) is 3.71. The van der Waals surface area contributed by atoms with Crippen LogP contribution in [0.15, 0.2) is 23.1 Å². The van der Waals surface area contributed by atoms with Gasteiger partial charge in [0.05, 0.1) is 0 Å². The highest BCUT2D eigenvalue weighted by atomic mass is 32.2. The van der Waals surface area contributed by atoms with Crippen molar-refractivity contribution in [2.24, 2.45) is 0 Å². The van der Waals surface area contributed by atoms with Crippen molar-refractivity contribution in [3.8, 4) is 0 Å². The molecule has 0 aromatic heterocycles. The minimum Gasteiger partial charge on any atom is -0.308 e. The molecule has 1 N–H and O–H groups in total. The number of likely N-dealkylation sites (N-methyl/N-ethyl adjacent to an activating group) is 1. The van der Waals surface area contributed by atoms with Crippen molar-refractivity contribution < 1.29 is 4.39 Å². The van der Waals surface area contributed by atoms with Gasteiger partial charge in [-0.2, -0.15) is 0 Å². The molecule has 1 aliphatic carbocycles. The highest BCUT2D eigenvalue weighted by Gasteiger charge is 2.39. The third-order valence-electron chi connectivity index (χ3n) is 4.94. The molecule has 3 rings (SSSR count). The predicted molar refractivity (Wildman–Crippen MR) is 82.8 cm³/mol. The Balaban J connectivity index is 1.72. The van der Waals surface area contributed by atoms with Crippen molar-refractivity contribution in [3.63, 3.8) is 0 Å². The maximum atomic E-state index is 13.9. The van der Waals surface area contributed by atoms with Crippen molar-refractivity contribution in [2.75, 3.05) is 26.4 Å². The summed E-state index contributed by atoms with van der Waals surface area (Å²) in [4.78, 5) is 3.21. The lowest BCUT2D eigenvalue weighted by Crippen LogP contribution is -2.56. The van der Waals surface area contributed by atoms with Gasteiger partial charge in [0.15, 0.2) is 0 Å². The topological polar surface area (TPSA) is 15.3 Å². The largest absolute Gasteiger partial charge is 0.308 e. The zero-order valence-electron chi connectivity index (χ0n) is 12.3. The van der Waals surface area contributed by atoms with Gasteiger partial charge in [-0.05, 0) is 57.2 Å². The molecule has 1 aromatic rings. The quantitative estimate of drug-likeness (QED) is 0.916. The summed E-state index contributed by atoms with van der Waals surface area (Å²) in [6, 6.07) is 5.78. The monoisotopic (exact) mass is 294 g/mol. The fourth-order valence-corrected chi connectivity index (χ4v) is 4.42. The Morgan fingerprint density at radius 2 is 2.20 bits per heavy atom. The second-order valence-corrected chi connectivity index (χ2v) is 7.31. The van der Waals surface area contributed by atoms with Crippen molar-refractivity contribution in [1.29, 1.82) is 0 Å². The molecule has 0 amide bonds. The van der Waals surface area contributed by atoms with E-state index in [1.165, 1.54) is 19.3 Å². The second-order valence-electron chi connectivity index (χ2n) is 6.20. The van der Waals surface area contributed by atoms with Crippen molar-refractivity contribution >= 4 is 11.8 Å². The maximum absolute atomic E-state index is 13.9. The van der Waals surface area contributed by atoms with Crippen LogP contribution >= 0.6 is 11.8 Å². The van der Waals surface area contributed by atoms with Gasteiger partial charge in [-0.15, -0.1) is 11.8 Å². The normalized spacial score (nSPS) is 24.3. The average Bonchev–Trinajstić information content (AvgIpc) is 2.38. The third-order valence-corrected chi connectivity index (χ3v) is 6.10. The van der Waals surface area contributed by atoms with E-state index in [2.05, 4.69) is 30.4 Å². The minimum absolute atomic E-state index is 0.0648. The van der Waals surface area contributed by atoms with E-state index in [1.54, 1.807) is 17.8 Å². The van der Waals surface area contributed by atoms with E-state index in [0.29, 0.717) is 11.6 Å². The predicted octanol–water partition coefficient (Wildman–Crippen LogP) is 3.44. The molecule has 2 aliphatic rings. The van der Waals surface area contributed by atoms with E-state index < -0.39 is 0 Å². The summed E-state index contributed by atoms with van der Waals surface area (Å²) in [5.74, 6) is 0.936. The summed E-state index contributed by atoms with van der Waals surface area (Å²) < 4.78 is 13.9. The maximum Gasteiger partial charge on any atom is 0.137 e. The number of benzene rings is 1. The zero-order chi connectivity index (χ0) is 14.2. The summed E-state index contributed by atoms with van der Waals surface area (Å²) in [7, 11) is 4.34. The number of halogens is 1. The standard InChI is InChI=1S/C16H23FN2S/c1-19(2)16(8-4-9-16)11-18-14-7-10-20-15-12(14)5-3-6-13(15)17/h3,5-6,14,18H,4,7-11H2,1-2H3. The van der Waals surface area contributed by atoms with Crippen LogP contribution < -0.4 is 5.32 Å². The number of nitrogens with one attached hydrogen (secondary N) is 1. The Bertz CT molecular complexity index is 485. The third kappa shape index (κ3) is 2.49. The molecule has 1 saturated carbocycles. The van der Waals surface area contributed by atoms with Crippen LogP contribution in [0, 0.1) is 5.82 Å². The van der Waals surface area contributed by atoms with Crippen molar-refractivity contribution in [2.45, 2.75) is 42.2 Å². The summed E-state index contributed by atoms with van der Waals surface area (Å²) >= 11 is 1.65. The smallest absolute Gasteiger partial charge is 0.137 e. The Hall–Kier alpha value is -0.580. The van der Waals surface area contributed by atoms with Gasteiger partial charge in [-0.1, -0.05) is 12.1 Å². The molecular formula is C16H23FN2S. The molecule has 0 bridgehead atoms. The van der Waals surface area contributed by atoms with Gasteiger partial charge in [0.2, 0.25) is 0 Å². The van der Waals surface area contributed by atoms with Gasteiger partial charge in [-0.25, -0.2) is 4.39 Å². The molecule has 0 saturated heterocycles. The molecule has 1 fully saturated rings. The fraction of sp³-hybridized carbons (Fsp3) is 0.625. The van der Waals surface area contributed by atoms with E-state index in [-0.39, 0.29) is 5.82 Å². The van der Waals surface area contributed by atoms with E-state index in [4.69, 9.17) is 0 Å². The van der Waals surface area contributed by atoms with Gasteiger partial charge in [-0.3, -0.25) is 0 Å². The molecule has 1 aromatic carbocycles. The first-order valence-corrected chi connectivity index (χ1v) is 8.43. The molecule has 20 heavy (non-hydrogen) atoms. The average molecular weight is 294 g/mol. The molecule has 4 heteroatoms. The Morgan fingerprint density at radius 1 is 1.40 bits per heavy atom. The molecule has 2 nitrogen and oxygen atoms in total. The highest BCUT2D eigenvalue weighted by molar-refractivity contribution is 7.99. The molecule has 1 atom stereocenters. The van der Waals surface area contributed by atoms with Crippen LogP contribution in [0.25, 0.3) is 0 Å². The molecule has 1 aliphatic heterocycles. The SMILES string of the molecule is CN(C)C1(CNC2CCSc3c(F)cccc32)CCC1. The molecular weight excluding hydrogens is 271 g/mol. The number of rotatable bonds is 4.